The molecule has 0 unspecified atom stereocenters. The summed E-state index contributed by atoms with van der Waals surface area (Å²) in [7, 11) is 0. The Morgan fingerprint density at radius 3 is 2.69 bits per heavy atom. The van der Waals surface area contributed by atoms with Crippen molar-refractivity contribution in [1.82, 2.24) is 15.5 Å². The topological polar surface area (TPSA) is 97.1 Å². The molecular weight excluding hydrogens is 388 g/mol. The van der Waals surface area contributed by atoms with Gasteiger partial charge in [0.2, 0.25) is 5.91 Å². The van der Waals surface area contributed by atoms with Crippen LogP contribution in [0, 0.1) is 0 Å². The molecule has 3 aromatic rings. The fraction of sp³-hybridized carbons (Fsp3) is 0.333. The molecule has 0 saturated heterocycles. The summed E-state index contributed by atoms with van der Waals surface area (Å²) in [6.07, 6.45) is 6.78. The number of hydrogen-bond acceptors (Lipinski definition) is 6. The van der Waals surface area contributed by atoms with E-state index in [2.05, 4.69) is 20.8 Å². The zero-order valence-electron chi connectivity index (χ0n) is 15.9. The number of hydrogen-bond donors (Lipinski definition) is 2. The summed E-state index contributed by atoms with van der Waals surface area (Å²) in [6, 6.07) is 10.9. The molecule has 2 aromatic heterocycles. The van der Waals surface area contributed by atoms with Crippen molar-refractivity contribution in [3.05, 3.63) is 52.7 Å². The number of aromatic nitrogens is 2. The van der Waals surface area contributed by atoms with Gasteiger partial charge in [-0.1, -0.05) is 48.3 Å². The summed E-state index contributed by atoms with van der Waals surface area (Å²) in [5.74, 6) is -0.273. The molecule has 0 atom stereocenters. The second kappa shape index (κ2) is 9.00. The van der Waals surface area contributed by atoms with Crippen LogP contribution in [0.5, 0.6) is 0 Å². The molecular formula is C21H22N4O3S. The lowest BCUT2D eigenvalue weighted by atomic mass is 10.0. The predicted octanol–water partition coefficient (Wildman–Crippen LogP) is 3.83. The van der Waals surface area contributed by atoms with Gasteiger partial charge in [-0.05, 0) is 25.7 Å². The van der Waals surface area contributed by atoms with Crippen LogP contribution in [0.2, 0.25) is 0 Å². The van der Waals surface area contributed by atoms with Crippen LogP contribution in [0.4, 0.5) is 5.13 Å². The molecule has 2 N–H and O–H groups in total. The van der Waals surface area contributed by atoms with Crippen molar-refractivity contribution < 1.29 is 14.1 Å². The molecule has 1 aliphatic carbocycles. The van der Waals surface area contributed by atoms with Gasteiger partial charge in [-0.15, -0.1) is 11.3 Å². The molecule has 7 nitrogen and oxygen atoms in total. The standard InChI is InChI=1S/C21H22N4O3S/c26-19(24-21-23-15-10-6-1-2-7-11-18(15)29-21)13-22-20(27)16-12-17(28-25-16)14-8-4-3-5-9-14/h3-5,8-9,12H,1-2,6-7,10-11,13H2,(H,22,27)(H,23,24,26). The smallest absolute Gasteiger partial charge is 0.273 e. The second-order valence-electron chi connectivity index (χ2n) is 6.98. The number of amides is 2. The first kappa shape index (κ1) is 19.3. The van der Waals surface area contributed by atoms with E-state index in [-0.39, 0.29) is 18.1 Å². The van der Waals surface area contributed by atoms with E-state index in [0.29, 0.717) is 10.9 Å². The highest BCUT2D eigenvalue weighted by atomic mass is 32.1. The summed E-state index contributed by atoms with van der Waals surface area (Å²) in [5.41, 5.74) is 2.06. The molecule has 29 heavy (non-hydrogen) atoms. The highest BCUT2D eigenvalue weighted by Gasteiger charge is 2.17. The van der Waals surface area contributed by atoms with Crippen molar-refractivity contribution in [1.29, 1.82) is 0 Å². The summed E-state index contributed by atoms with van der Waals surface area (Å²) >= 11 is 1.53. The zero-order chi connectivity index (χ0) is 20.1. The van der Waals surface area contributed by atoms with E-state index in [0.717, 1.165) is 30.5 Å². The second-order valence-corrected chi connectivity index (χ2v) is 8.06. The summed E-state index contributed by atoms with van der Waals surface area (Å²) < 4.78 is 5.22. The average Bonchev–Trinajstić information content (AvgIpc) is 3.34. The Hall–Kier alpha value is -3.00. The molecule has 1 aliphatic rings. The number of carbonyl (C=O) groups is 2. The maximum atomic E-state index is 12.3. The van der Waals surface area contributed by atoms with Gasteiger partial charge in [0.15, 0.2) is 16.6 Å². The number of thiazole rings is 1. The van der Waals surface area contributed by atoms with Gasteiger partial charge in [-0.25, -0.2) is 4.98 Å². The van der Waals surface area contributed by atoms with E-state index in [4.69, 9.17) is 4.52 Å². The van der Waals surface area contributed by atoms with Crippen LogP contribution in [0.1, 0.15) is 46.7 Å². The van der Waals surface area contributed by atoms with Crippen LogP contribution in [-0.4, -0.2) is 28.5 Å². The molecule has 0 saturated carbocycles. The van der Waals surface area contributed by atoms with Gasteiger partial charge in [-0.3, -0.25) is 9.59 Å². The van der Waals surface area contributed by atoms with E-state index < -0.39 is 5.91 Å². The average molecular weight is 410 g/mol. The molecule has 1 aromatic carbocycles. The van der Waals surface area contributed by atoms with E-state index in [1.54, 1.807) is 6.07 Å². The van der Waals surface area contributed by atoms with E-state index in [1.165, 1.54) is 35.5 Å². The quantitative estimate of drug-likeness (QED) is 0.666. The first-order valence-electron chi connectivity index (χ1n) is 9.78. The summed E-state index contributed by atoms with van der Waals surface area (Å²) in [4.78, 5) is 30.3. The highest BCUT2D eigenvalue weighted by molar-refractivity contribution is 7.15. The Balaban J connectivity index is 1.31. The van der Waals surface area contributed by atoms with Crippen molar-refractivity contribution >= 4 is 28.3 Å². The normalized spacial score (nSPS) is 13.8. The summed E-state index contributed by atoms with van der Waals surface area (Å²) in [5, 5.41) is 9.74. The molecule has 2 amide bonds. The van der Waals surface area contributed by atoms with Crippen molar-refractivity contribution in [2.24, 2.45) is 0 Å². The molecule has 0 radical (unpaired) electrons. The van der Waals surface area contributed by atoms with Gasteiger partial charge in [0.25, 0.3) is 5.91 Å². The number of nitrogens with zero attached hydrogens (tertiary/aromatic N) is 2. The monoisotopic (exact) mass is 410 g/mol. The maximum Gasteiger partial charge on any atom is 0.273 e. The van der Waals surface area contributed by atoms with Gasteiger partial charge in [0.1, 0.15) is 0 Å². The van der Waals surface area contributed by atoms with Crippen LogP contribution in [0.15, 0.2) is 40.9 Å². The Morgan fingerprint density at radius 2 is 1.86 bits per heavy atom. The zero-order valence-corrected chi connectivity index (χ0v) is 16.8. The fourth-order valence-electron chi connectivity index (χ4n) is 3.29. The van der Waals surface area contributed by atoms with Crippen LogP contribution < -0.4 is 10.6 Å². The van der Waals surface area contributed by atoms with Crippen LogP contribution in [0.3, 0.4) is 0 Å². The number of anilines is 1. The number of carbonyl (C=O) groups excluding carboxylic acids is 2. The highest BCUT2D eigenvalue weighted by Crippen LogP contribution is 2.28. The number of benzene rings is 1. The Kier molecular flexibility index (Phi) is 6.00. The third kappa shape index (κ3) is 4.89. The van der Waals surface area contributed by atoms with E-state index in [9.17, 15) is 9.59 Å². The van der Waals surface area contributed by atoms with Crippen molar-refractivity contribution in [3.63, 3.8) is 0 Å². The van der Waals surface area contributed by atoms with E-state index in [1.807, 2.05) is 30.3 Å². The van der Waals surface area contributed by atoms with Crippen LogP contribution >= 0.6 is 11.3 Å². The molecule has 0 spiro atoms. The lowest BCUT2D eigenvalue weighted by molar-refractivity contribution is -0.115. The minimum absolute atomic E-state index is 0.133. The molecule has 2 heterocycles. The first-order chi connectivity index (χ1) is 14.2. The third-order valence-corrected chi connectivity index (χ3v) is 5.88. The minimum Gasteiger partial charge on any atom is -0.355 e. The van der Waals surface area contributed by atoms with Gasteiger partial charge < -0.3 is 15.2 Å². The van der Waals surface area contributed by atoms with E-state index >= 15 is 0 Å². The lowest BCUT2D eigenvalue weighted by Gasteiger charge is -2.06. The molecule has 150 valence electrons. The molecule has 4 rings (SSSR count). The SMILES string of the molecule is O=C(CNC(=O)c1cc(-c2ccccc2)on1)Nc1nc2c(s1)CCCCCC2. The molecule has 0 fully saturated rings. The Bertz CT molecular complexity index is 971. The number of rotatable bonds is 5. The van der Waals surface area contributed by atoms with Crippen molar-refractivity contribution in [3.8, 4) is 11.3 Å². The molecule has 0 aliphatic heterocycles. The Labute approximate surface area is 172 Å². The molecule has 0 bridgehead atoms. The van der Waals surface area contributed by atoms with Crippen molar-refractivity contribution in [2.75, 3.05) is 11.9 Å². The third-order valence-electron chi connectivity index (χ3n) is 4.80. The van der Waals surface area contributed by atoms with Crippen molar-refractivity contribution in [2.45, 2.75) is 38.5 Å². The Morgan fingerprint density at radius 1 is 1.07 bits per heavy atom. The van der Waals surface area contributed by atoms with Gasteiger partial charge in [-0.2, -0.15) is 0 Å². The number of fused-ring (bicyclic) bond motifs is 1. The van der Waals surface area contributed by atoms with Gasteiger partial charge in [0.05, 0.1) is 12.2 Å². The van der Waals surface area contributed by atoms with Gasteiger partial charge >= 0.3 is 0 Å². The predicted molar refractivity (Wildman–Crippen MR) is 111 cm³/mol. The van der Waals surface area contributed by atoms with Crippen LogP contribution in [0.25, 0.3) is 11.3 Å². The minimum atomic E-state index is -0.461. The first-order valence-corrected chi connectivity index (χ1v) is 10.6. The maximum absolute atomic E-state index is 12.3. The fourth-order valence-corrected chi connectivity index (χ4v) is 4.36. The largest absolute Gasteiger partial charge is 0.355 e. The van der Waals surface area contributed by atoms with Gasteiger partial charge in [0, 0.05) is 16.5 Å². The van der Waals surface area contributed by atoms with Crippen LogP contribution in [-0.2, 0) is 17.6 Å². The summed E-state index contributed by atoms with van der Waals surface area (Å²) in [6.45, 7) is -0.156. The lowest BCUT2D eigenvalue weighted by Crippen LogP contribution is -2.33. The number of aryl methyl sites for hydroxylation is 2. The number of nitrogens with one attached hydrogen (secondary N) is 2. The molecule has 8 heteroatoms.